The maximum Gasteiger partial charge on any atom is 0.184 e. The van der Waals surface area contributed by atoms with Gasteiger partial charge in [0.05, 0.1) is 22.4 Å². The van der Waals surface area contributed by atoms with E-state index in [0.717, 1.165) is 40.5 Å². The Morgan fingerprint density at radius 1 is 1.48 bits per heavy atom. The van der Waals surface area contributed by atoms with Crippen LogP contribution < -0.4 is 10.1 Å². The normalized spacial score (nSPS) is 21.4. The van der Waals surface area contributed by atoms with Crippen molar-refractivity contribution in [3.05, 3.63) is 18.2 Å². The number of nitrogens with zero attached hydrogens (tertiary/aromatic N) is 1. The van der Waals surface area contributed by atoms with E-state index in [-0.39, 0.29) is 5.60 Å². The topological polar surface area (TPSA) is 43.4 Å². The maximum atomic E-state index is 5.76. The average Bonchev–Trinajstić information content (AvgIpc) is 2.79. The molecule has 1 aliphatic heterocycles. The molecule has 1 unspecified atom stereocenters. The highest BCUT2D eigenvalue weighted by Gasteiger charge is 2.29. The number of hydrogen-bond donors (Lipinski definition) is 1. The third-order valence-corrected chi connectivity index (χ3v) is 4.64. The summed E-state index contributed by atoms with van der Waals surface area (Å²) in [4.78, 5) is 4.67. The Morgan fingerprint density at radius 3 is 3.10 bits per heavy atom. The van der Waals surface area contributed by atoms with Crippen molar-refractivity contribution < 1.29 is 9.47 Å². The van der Waals surface area contributed by atoms with E-state index >= 15 is 0 Å². The number of rotatable bonds is 4. The van der Waals surface area contributed by atoms with Crippen LogP contribution in [0.1, 0.15) is 33.6 Å². The van der Waals surface area contributed by atoms with E-state index in [1.54, 1.807) is 11.3 Å². The van der Waals surface area contributed by atoms with Gasteiger partial charge in [0.25, 0.3) is 0 Å². The van der Waals surface area contributed by atoms with E-state index in [4.69, 9.17) is 9.47 Å². The molecule has 3 rings (SSSR count). The van der Waals surface area contributed by atoms with Gasteiger partial charge in [0.1, 0.15) is 5.75 Å². The molecule has 1 atom stereocenters. The molecule has 0 amide bonds. The average molecular weight is 306 g/mol. The van der Waals surface area contributed by atoms with Gasteiger partial charge in [0.2, 0.25) is 0 Å². The number of fused-ring (bicyclic) bond motifs is 1. The fourth-order valence-electron chi connectivity index (χ4n) is 2.75. The van der Waals surface area contributed by atoms with E-state index in [1.165, 1.54) is 0 Å². The van der Waals surface area contributed by atoms with E-state index in [0.29, 0.717) is 12.6 Å². The summed E-state index contributed by atoms with van der Waals surface area (Å²) >= 11 is 1.69. The number of thiazole rings is 1. The molecular weight excluding hydrogens is 284 g/mol. The number of ether oxygens (including phenoxy) is 2. The molecule has 0 bridgehead atoms. The zero-order chi connectivity index (χ0) is 14.9. The molecule has 5 heteroatoms. The van der Waals surface area contributed by atoms with Crippen molar-refractivity contribution in [1.29, 1.82) is 0 Å². The number of hydrogen-bond acceptors (Lipinski definition) is 5. The minimum absolute atomic E-state index is 0.0469. The summed E-state index contributed by atoms with van der Waals surface area (Å²) in [5.41, 5.74) is 0.978. The molecule has 1 N–H and O–H groups in total. The molecule has 21 heavy (non-hydrogen) atoms. The second kappa shape index (κ2) is 5.81. The van der Waals surface area contributed by atoms with Gasteiger partial charge in [-0.1, -0.05) is 11.3 Å². The number of nitrogens with one attached hydrogen (secondary N) is 1. The highest BCUT2D eigenvalue weighted by Crippen LogP contribution is 2.32. The summed E-state index contributed by atoms with van der Waals surface area (Å²) in [6.45, 7) is 7.79. The van der Waals surface area contributed by atoms with Gasteiger partial charge in [-0.3, -0.25) is 0 Å². The van der Waals surface area contributed by atoms with E-state index in [1.807, 2.05) is 19.1 Å². The van der Waals surface area contributed by atoms with Crippen LogP contribution in [-0.4, -0.2) is 29.8 Å². The van der Waals surface area contributed by atoms with Crippen LogP contribution in [0.25, 0.3) is 10.2 Å². The molecule has 0 radical (unpaired) electrons. The van der Waals surface area contributed by atoms with Crippen molar-refractivity contribution in [1.82, 2.24) is 4.98 Å². The largest absolute Gasteiger partial charge is 0.494 e. The van der Waals surface area contributed by atoms with E-state index in [2.05, 4.69) is 30.2 Å². The summed E-state index contributed by atoms with van der Waals surface area (Å²) in [5, 5.41) is 4.55. The molecule has 2 aromatic rings. The third kappa shape index (κ3) is 3.47. The smallest absolute Gasteiger partial charge is 0.184 e. The molecule has 1 fully saturated rings. The van der Waals surface area contributed by atoms with Crippen molar-refractivity contribution in [2.75, 3.05) is 18.5 Å². The zero-order valence-corrected chi connectivity index (χ0v) is 13.6. The van der Waals surface area contributed by atoms with Crippen LogP contribution in [0.4, 0.5) is 5.13 Å². The molecule has 1 aromatic heterocycles. The minimum atomic E-state index is -0.0469. The molecule has 1 aromatic carbocycles. The molecule has 0 aliphatic carbocycles. The molecule has 0 spiro atoms. The first-order valence-corrected chi connectivity index (χ1v) is 8.31. The predicted molar refractivity (Wildman–Crippen MR) is 87.5 cm³/mol. The molecule has 114 valence electrons. The summed E-state index contributed by atoms with van der Waals surface area (Å²) in [5.74, 6) is 0.910. The van der Waals surface area contributed by atoms with Crippen LogP contribution in [0.15, 0.2) is 18.2 Å². The monoisotopic (exact) mass is 306 g/mol. The number of benzene rings is 1. The lowest BCUT2D eigenvalue weighted by Gasteiger charge is -2.35. The Labute approximate surface area is 129 Å². The third-order valence-electron chi connectivity index (χ3n) is 3.70. The van der Waals surface area contributed by atoms with E-state index in [9.17, 15) is 0 Å². The standard InChI is InChI=1S/C16H22N2O2S/c1-4-19-12-5-6-13-14(9-12)21-15(18-13)17-11-7-8-20-16(2,3)10-11/h5-6,9,11H,4,7-8,10H2,1-3H3,(H,17,18). The highest BCUT2D eigenvalue weighted by atomic mass is 32.1. The van der Waals surface area contributed by atoms with Crippen LogP contribution in [0.3, 0.4) is 0 Å². The minimum Gasteiger partial charge on any atom is -0.494 e. The Bertz CT molecular complexity index is 624. The first kappa shape index (κ1) is 14.6. The van der Waals surface area contributed by atoms with Gasteiger partial charge in [-0.05, 0) is 51.8 Å². The maximum absolute atomic E-state index is 5.76. The van der Waals surface area contributed by atoms with Gasteiger partial charge in [0, 0.05) is 12.6 Å². The van der Waals surface area contributed by atoms with Crippen LogP contribution in [0, 0.1) is 0 Å². The predicted octanol–water partition coefficient (Wildman–Crippen LogP) is 4.06. The van der Waals surface area contributed by atoms with Crippen LogP contribution in [0.5, 0.6) is 5.75 Å². The summed E-state index contributed by atoms with van der Waals surface area (Å²) in [6.07, 6.45) is 2.04. The van der Waals surface area contributed by atoms with Crippen molar-refractivity contribution in [2.45, 2.75) is 45.3 Å². The van der Waals surface area contributed by atoms with Gasteiger partial charge in [0.15, 0.2) is 5.13 Å². The van der Waals surface area contributed by atoms with Crippen LogP contribution in [-0.2, 0) is 4.74 Å². The number of anilines is 1. The molecule has 4 nitrogen and oxygen atoms in total. The lowest BCUT2D eigenvalue weighted by atomic mass is 9.94. The van der Waals surface area contributed by atoms with Crippen molar-refractivity contribution in [2.24, 2.45) is 0 Å². The lowest BCUT2D eigenvalue weighted by Crippen LogP contribution is -2.40. The van der Waals surface area contributed by atoms with Crippen molar-refractivity contribution >= 4 is 26.7 Å². The first-order chi connectivity index (χ1) is 10.1. The molecule has 0 saturated carbocycles. The quantitative estimate of drug-likeness (QED) is 0.925. The molecular formula is C16H22N2O2S. The number of aromatic nitrogens is 1. The Balaban J connectivity index is 1.75. The fourth-order valence-corrected chi connectivity index (χ4v) is 3.72. The lowest BCUT2D eigenvalue weighted by molar-refractivity contribution is -0.0553. The molecule has 1 saturated heterocycles. The summed E-state index contributed by atoms with van der Waals surface area (Å²) < 4.78 is 12.5. The van der Waals surface area contributed by atoms with Gasteiger partial charge >= 0.3 is 0 Å². The summed E-state index contributed by atoms with van der Waals surface area (Å²) in [6, 6.07) is 6.50. The van der Waals surface area contributed by atoms with Crippen molar-refractivity contribution in [3.63, 3.8) is 0 Å². The van der Waals surface area contributed by atoms with Crippen LogP contribution in [0.2, 0.25) is 0 Å². The first-order valence-electron chi connectivity index (χ1n) is 7.49. The van der Waals surface area contributed by atoms with Gasteiger partial charge in [-0.15, -0.1) is 0 Å². The Kier molecular flexibility index (Phi) is 4.04. The second-order valence-corrected chi connectivity index (χ2v) is 7.05. The highest BCUT2D eigenvalue weighted by molar-refractivity contribution is 7.22. The summed E-state index contributed by atoms with van der Waals surface area (Å²) in [7, 11) is 0. The Morgan fingerprint density at radius 2 is 2.33 bits per heavy atom. The fraction of sp³-hybridized carbons (Fsp3) is 0.562. The van der Waals surface area contributed by atoms with Gasteiger partial charge in [-0.2, -0.15) is 0 Å². The molecule has 2 heterocycles. The van der Waals surface area contributed by atoms with Crippen LogP contribution >= 0.6 is 11.3 Å². The molecule has 1 aliphatic rings. The second-order valence-electron chi connectivity index (χ2n) is 6.02. The SMILES string of the molecule is CCOc1ccc2nc(NC3CCOC(C)(C)C3)sc2c1. The van der Waals surface area contributed by atoms with E-state index < -0.39 is 0 Å². The van der Waals surface area contributed by atoms with Gasteiger partial charge in [-0.25, -0.2) is 4.98 Å². The van der Waals surface area contributed by atoms with Gasteiger partial charge < -0.3 is 14.8 Å². The zero-order valence-electron chi connectivity index (χ0n) is 12.8. The Hall–Kier alpha value is -1.33. The van der Waals surface area contributed by atoms with Crippen molar-refractivity contribution in [3.8, 4) is 5.75 Å².